The van der Waals surface area contributed by atoms with Gasteiger partial charge in [-0.05, 0) is 25.5 Å². The molecule has 3 aromatic rings. The summed E-state index contributed by atoms with van der Waals surface area (Å²) in [6.45, 7) is 6.30. The van der Waals surface area contributed by atoms with Gasteiger partial charge < -0.3 is 15.2 Å². The van der Waals surface area contributed by atoms with Crippen LogP contribution in [0.5, 0.6) is 0 Å². The molecule has 0 saturated heterocycles. The van der Waals surface area contributed by atoms with Crippen molar-refractivity contribution in [2.24, 2.45) is 4.99 Å². The van der Waals surface area contributed by atoms with Crippen LogP contribution in [0.25, 0.3) is 11.4 Å². The van der Waals surface area contributed by atoms with Crippen LogP contribution in [0.2, 0.25) is 5.02 Å². The topological polar surface area (TPSA) is 88.2 Å². The number of aliphatic imine (C=N–C) groups is 1. The van der Waals surface area contributed by atoms with Crippen molar-refractivity contribution in [2.45, 2.75) is 33.1 Å². The van der Waals surface area contributed by atoms with E-state index in [-0.39, 0.29) is 0 Å². The maximum atomic E-state index is 6.02. The highest BCUT2D eigenvalue weighted by Crippen LogP contribution is 2.20. The summed E-state index contributed by atoms with van der Waals surface area (Å²) in [6, 6.07) is 7.40. The Balaban J connectivity index is 1.49. The monoisotopic (exact) mass is 432 g/mol. The molecule has 0 aliphatic carbocycles. The first-order valence-corrected chi connectivity index (χ1v) is 10.9. The minimum Gasteiger partial charge on any atom is -0.357 e. The largest absolute Gasteiger partial charge is 0.357 e. The van der Waals surface area contributed by atoms with E-state index in [4.69, 9.17) is 16.1 Å². The Hall–Kier alpha value is -2.45. The van der Waals surface area contributed by atoms with Crippen LogP contribution in [-0.4, -0.2) is 40.7 Å². The normalized spacial score (nSPS) is 11.6. The van der Waals surface area contributed by atoms with Crippen LogP contribution in [0, 0.1) is 0 Å². The maximum Gasteiger partial charge on any atom is 0.228 e. The number of benzene rings is 1. The smallest absolute Gasteiger partial charge is 0.228 e. The molecule has 0 atom stereocenters. The number of guanidine groups is 1. The van der Waals surface area contributed by atoms with Crippen LogP contribution in [0.1, 0.15) is 29.6 Å². The van der Waals surface area contributed by atoms with Crippen molar-refractivity contribution in [1.29, 1.82) is 0 Å². The Labute approximate surface area is 179 Å². The number of nitrogens with zero attached hydrogens (tertiary/aromatic N) is 4. The molecular weight excluding hydrogens is 408 g/mol. The second-order valence-corrected chi connectivity index (χ2v) is 7.92. The standard InChI is InChI=1S/C20H25ClN6OS/c1-3-16-13-25-18(29-16)9-11-24-20(22-4-2)23-10-8-17-26-19(27-28-17)14-6-5-7-15(21)12-14/h5-7,12-13H,3-4,8-11H2,1-2H3,(H2,22,23,24). The Kier molecular flexibility index (Phi) is 8.01. The minimum absolute atomic E-state index is 0.540. The second-order valence-electron chi connectivity index (χ2n) is 6.28. The van der Waals surface area contributed by atoms with Gasteiger partial charge in [-0.25, -0.2) is 4.98 Å². The van der Waals surface area contributed by atoms with Crippen molar-refractivity contribution in [1.82, 2.24) is 25.8 Å². The van der Waals surface area contributed by atoms with Crippen LogP contribution in [0.4, 0.5) is 0 Å². The molecule has 9 heteroatoms. The SMILES string of the molecule is CCNC(=NCCc1ncc(CC)s1)NCCc1nc(-c2cccc(Cl)c2)no1. The molecule has 2 N–H and O–H groups in total. The van der Waals surface area contributed by atoms with E-state index in [2.05, 4.69) is 37.7 Å². The van der Waals surface area contributed by atoms with Crippen LogP contribution in [0.3, 0.4) is 0 Å². The number of thiazole rings is 1. The first-order chi connectivity index (χ1) is 14.2. The van der Waals surface area contributed by atoms with Crippen molar-refractivity contribution < 1.29 is 4.52 Å². The number of hydrogen-bond donors (Lipinski definition) is 2. The van der Waals surface area contributed by atoms with Gasteiger partial charge in [0.1, 0.15) is 0 Å². The Morgan fingerprint density at radius 1 is 1.24 bits per heavy atom. The van der Waals surface area contributed by atoms with E-state index in [1.165, 1.54) is 4.88 Å². The number of rotatable bonds is 9. The zero-order valence-corrected chi connectivity index (χ0v) is 18.2. The van der Waals surface area contributed by atoms with E-state index in [0.717, 1.165) is 35.9 Å². The third kappa shape index (κ3) is 6.54. The third-order valence-electron chi connectivity index (χ3n) is 4.07. The summed E-state index contributed by atoms with van der Waals surface area (Å²) < 4.78 is 5.34. The summed E-state index contributed by atoms with van der Waals surface area (Å²) >= 11 is 7.78. The van der Waals surface area contributed by atoms with Gasteiger partial charge >= 0.3 is 0 Å². The average Bonchev–Trinajstić information content (AvgIpc) is 3.37. The van der Waals surface area contributed by atoms with E-state index < -0.39 is 0 Å². The predicted octanol–water partition coefficient (Wildman–Crippen LogP) is 3.75. The van der Waals surface area contributed by atoms with Crippen molar-refractivity contribution in [3.63, 3.8) is 0 Å². The lowest BCUT2D eigenvalue weighted by Gasteiger charge is -2.09. The van der Waals surface area contributed by atoms with Crippen LogP contribution in [0.15, 0.2) is 40.0 Å². The lowest BCUT2D eigenvalue weighted by molar-refractivity contribution is 0.378. The number of aryl methyl sites for hydroxylation is 1. The van der Waals surface area contributed by atoms with Crippen molar-refractivity contribution in [2.75, 3.05) is 19.6 Å². The number of hydrogen-bond acceptors (Lipinski definition) is 6. The fourth-order valence-corrected chi connectivity index (χ4v) is 3.66. The molecule has 0 aliphatic heterocycles. The molecule has 0 radical (unpaired) electrons. The van der Waals surface area contributed by atoms with Crippen LogP contribution in [-0.2, 0) is 19.3 Å². The molecule has 0 unspecified atom stereocenters. The van der Waals surface area contributed by atoms with Gasteiger partial charge in [0.2, 0.25) is 11.7 Å². The van der Waals surface area contributed by atoms with E-state index in [1.54, 1.807) is 11.3 Å². The Morgan fingerprint density at radius 2 is 2.14 bits per heavy atom. The van der Waals surface area contributed by atoms with Gasteiger partial charge in [0, 0.05) is 54.1 Å². The van der Waals surface area contributed by atoms with Gasteiger partial charge in [-0.3, -0.25) is 4.99 Å². The fraction of sp³-hybridized carbons (Fsp3) is 0.400. The first kappa shape index (κ1) is 21.3. The van der Waals surface area contributed by atoms with Gasteiger partial charge in [0.15, 0.2) is 5.96 Å². The summed E-state index contributed by atoms with van der Waals surface area (Å²) in [5.41, 5.74) is 0.837. The molecule has 2 aromatic heterocycles. The van der Waals surface area contributed by atoms with Gasteiger partial charge in [0.05, 0.1) is 5.01 Å². The van der Waals surface area contributed by atoms with Gasteiger partial charge in [-0.15, -0.1) is 11.3 Å². The molecular formula is C20H25ClN6OS. The molecule has 0 amide bonds. The van der Waals surface area contributed by atoms with Crippen molar-refractivity contribution in [3.8, 4) is 11.4 Å². The molecule has 29 heavy (non-hydrogen) atoms. The van der Waals surface area contributed by atoms with E-state index in [9.17, 15) is 0 Å². The highest BCUT2D eigenvalue weighted by atomic mass is 35.5. The quantitative estimate of drug-likeness (QED) is 0.395. The van der Waals surface area contributed by atoms with E-state index >= 15 is 0 Å². The highest BCUT2D eigenvalue weighted by molar-refractivity contribution is 7.11. The number of nitrogens with one attached hydrogen (secondary N) is 2. The summed E-state index contributed by atoms with van der Waals surface area (Å²) in [5, 5.41) is 12.4. The molecule has 0 fully saturated rings. The minimum atomic E-state index is 0.540. The van der Waals surface area contributed by atoms with E-state index in [0.29, 0.717) is 36.2 Å². The molecule has 0 spiro atoms. The summed E-state index contributed by atoms with van der Waals surface area (Å²) in [6.07, 6.45) is 4.42. The average molecular weight is 433 g/mol. The Morgan fingerprint density at radius 3 is 2.90 bits per heavy atom. The molecule has 7 nitrogen and oxygen atoms in total. The van der Waals surface area contributed by atoms with Gasteiger partial charge in [-0.2, -0.15) is 4.98 Å². The van der Waals surface area contributed by atoms with E-state index in [1.807, 2.05) is 37.4 Å². The maximum absolute atomic E-state index is 6.02. The lowest BCUT2D eigenvalue weighted by Crippen LogP contribution is -2.38. The fourth-order valence-electron chi connectivity index (χ4n) is 2.62. The van der Waals surface area contributed by atoms with Crippen molar-refractivity contribution >= 4 is 28.9 Å². The molecule has 0 bridgehead atoms. The molecule has 0 aliphatic rings. The van der Waals surface area contributed by atoms with Gasteiger partial charge in [0.25, 0.3) is 0 Å². The summed E-state index contributed by atoms with van der Waals surface area (Å²) in [5.74, 6) is 1.88. The predicted molar refractivity (Wildman–Crippen MR) is 118 cm³/mol. The third-order valence-corrected chi connectivity index (χ3v) is 5.51. The number of aromatic nitrogens is 3. The molecule has 1 aromatic carbocycles. The highest BCUT2D eigenvalue weighted by Gasteiger charge is 2.09. The Bertz CT molecular complexity index is 938. The molecule has 0 saturated carbocycles. The molecule has 3 rings (SSSR count). The van der Waals surface area contributed by atoms with Crippen LogP contribution >= 0.6 is 22.9 Å². The first-order valence-electron chi connectivity index (χ1n) is 9.72. The number of halogens is 1. The molecule has 154 valence electrons. The zero-order chi connectivity index (χ0) is 20.5. The van der Waals surface area contributed by atoms with Gasteiger partial charge in [-0.1, -0.05) is 35.8 Å². The summed E-state index contributed by atoms with van der Waals surface area (Å²) in [4.78, 5) is 14.8. The van der Waals surface area contributed by atoms with Crippen molar-refractivity contribution in [3.05, 3.63) is 51.3 Å². The lowest BCUT2D eigenvalue weighted by atomic mass is 10.2. The second kappa shape index (κ2) is 10.9. The molecule has 2 heterocycles. The van der Waals surface area contributed by atoms with Crippen LogP contribution < -0.4 is 10.6 Å². The summed E-state index contributed by atoms with van der Waals surface area (Å²) in [7, 11) is 0. The zero-order valence-electron chi connectivity index (χ0n) is 16.6.